The van der Waals surface area contributed by atoms with Crippen molar-refractivity contribution >= 4 is 17.4 Å². The van der Waals surface area contributed by atoms with Crippen molar-refractivity contribution in [1.29, 1.82) is 0 Å². The molecule has 0 atom stereocenters. The van der Waals surface area contributed by atoms with Crippen LogP contribution in [0.25, 0.3) is 0 Å². The number of hydrogen-bond acceptors (Lipinski definition) is 4. The number of halogens is 1. The number of nitrogens with zero attached hydrogens (tertiary/aromatic N) is 3. The van der Waals surface area contributed by atoms with Gasteiger partial charge in [-0.25, -0.2) is 9.97 Å². The van der Waals surface area contributed by atoms with Crippen LogP contribution in [-0.4, -0.2) is 35.3 Å². The fraction of sp³-hybridized carbons (Fsp3) is 0.636. The van der Waals surface area contributed by atoms with Gasteiger partial charge in [0, 0.05) is 24.8 Å². The molecule has 16 heavy (non-hydrogen) atoms. The molecule has 0 spiro atoms. The molecule has 0 unspecified atom stereocenters. The SMILES string of the molecule is Cc1cc(N2CCOC(C)(C)C2)nc(Cl)n1. The Morgan fingerprint density at radius 2 is 2.19 bits per heavy atom. The van der Waals surface area contributed by atoms with E-state index in [4.69, 9.17) is 16.3 Å². The third-order valence-corrected chi connectivity index (χ3v) is 2.73. The molecular weight excluding hydrogens is 226 g/mol. The summed E-state index contributed by atoms with van der Waals surface area (Å²) >= 11 is 5.86. The molecule has 0 bridgehead atoms. The molecule has 0 N–H and O–H groups in total. The molecule has 0 aliphatic carbocycles. The highest BCUT2D eigenvalue weighted by Gasteiger charge is 2.28. The van der Waals surface area contributed by atoms with Crippen LogP contribution in [0.15, 0.2) is 6.07 Å². The molecule has 1 aliphatic heterocycles. The molecule has 1 saturated heterocycles. The minimum atomic E-state index is -0.135. The van der Waals surface area contributed by atoms with Crippen LogP contribution in [-0.2, 0) is 4.74 Å². The molecule has 2 rings (SSSR count). The summed E-state index contributed by atoms with van der Waals surface area (Å²) in [5.74, 6) is 0.883. The second kappa shape index (κ2) is 4.18. The topological polar surface area (TPSA) is 38.2 Å². The Hall–Kier alpha value is -0.870. The van der Waals surface area contributed by atoms with Crippen molar-refractivity contribution in [1.82, 2.24) is 9.97 Å². The van der Waals surface area contributed by atoms with E-state index in [1.807, 2.05) is 13.0 Å². The molecule has 1 aromatic heterocycles. The van der Waals surface area contributed by atoms with Crippen LogP contribution in [0.5, 0.6) is 0 Å². The molecule has 0 saturated carbocycles. The van der Waals surface area contributed by atoms with Crippen molar-refractivity contribution in [2.75, 3.05) is 24.6 Å². The van der Waals surface area contributed by atoms with Gasteiger partial charge in [-0.15, -0.1) is 0 Å². The Morgan fingerprint density at radius 1 is 1.44 bits per heavy atom. The summed E-state index contributed by atoms with van der Waals surface area (Å²) < 4.78 is 5.66. The predicted octanol–water partition coefficient (Wildman–Crippen LogP) is 2.05. The molecule has 0 radical (unpaired) electrons. The highest BCUT2D eigenvalue weighted by Crippen LogP contribution is 2.22. The molecule has 1 aromatic rings. The third kappa shape index (κ3) is 2.62. The predicted molar refractivity (Wildman–Crippen MR) is 64.0 cm³/mol. The zero-order valence-corrected chi connectivity index (χ0v) is 10.6. The summed E-state index contributed by atoms with van der Waals surface area (Å²) in [5.41, 5.74) is 0.753. The van der Waals surface area contributed by atoms with Crippen molar-refractivity contribution in [2.45, 2.75) is 26.4 Å². The number of anilines is 1. The highest BCUT2D eigenvalue weighted by molar-refractivity contribution is 6.28. The Labute approximate surface area is 101 Å². The van der Waals surface area contributed by atoms with Crippen LogP contribution in [0.3, 0.4) is 0 Å². The monoisotopic (exact) mass is 241 g/mol. The molecule has 4 nitrogen and oxygen atoms in total. The first-order chi connectivity index (χ1) is 7.46. The zero-order chi connectivity index (χ0) is 11.8. The van der Waals surface area contributed by atoms with E-state index in [0.29, 0.717) is 11.9 Å². The number of ether oxygens (including phenoxy) is 1. The maximum absolute atomic E-state index is 5.86. The average Bonchev–Trinajstić information content (AvgIpc) is 2.14. The zero-order valence-electron chi connectivity index (χ0n) is 9.83. The van der Waals surface area contributed by atoms with Crippen molar-refractivity contribution in [2.24, 2.45) is 0 Å². The van der Waals surface area contributed by atoms with Gasteiger partial charge >= 0.3 is 0 Å². The van der Waals surface area contributed by atoms with Crippen LogP contribution in [0.1, 0.15) is 19.5 Å². The van der Waals surface area contributed by atoms with E-state index in [9.17, 15) is 0 Å². The van der Waals surface area contributed by atoms with Crippen LogP contribution in [0.4, 0.5) is 5.82 Å². The fourth-order valence-electron chi connectivity index (χ4n) is 1.89. The van der Waals surface area contributed by atoms with Gasteiger partial charge in [-0.05, 0) is 32.4 Å². The van der Waals surface area contributed by atoms with E-state index >= 15 is 0 Å². The second-order valence-electron chi connectivity index (χ2n) is 4.67. The van der Waals surface area contributed by atoms with Gasteiger partial charge in [0.1, 0.15) is 5.82 Å². The lowest BCUT2D eigenvalue weighted by Crippen LogP contribution is -2.48. The summed E-state index contributed by atoms with van der Waals surface area (Å²) in [6.45, 7) is 8.45. The number of rotatable bonds is 1. The van der Waals surface area contributed by atoms with Crippen LogP contribution >= 0.6 is 11.6 Å². The Kier molecular flexibility index (Phi) is 3.04. The molecule has 88 valence electrons. The summed E-state index contributed by atoms with van der Waals surface area (Å²) in [6, 6.07) is 1.95. The van der Waals surface area contributed by atoms with Crippen molar-refractivity contribution < 1.29 is 4.74 Å². The van der Waals surface area contributed by atoms with Crippen LogP contribution in [0.2, 0.25) is 5.28 Å². The summed E-state index contributed by atoms with van der Waals surface area (Å²) in [6.07, 6.45) is 0. The maximum Gasteiger partial charge on any atom is 0.224 e. The Morgan fingerprint density at radius 3 is 2.81 bits per heavy atom. The first-order valence-corrected chi connectivity index (χ1v) is 5.74. The lowest BCUT2D eigenvalue weighted by Gasteiger charge is -2.38. The van der Waals surface area contributed by atoms with Crippen molar-refractivity contribution in [3.05, 3.63) is 17.0 Å². The van der Waals surface area contributed by atoms with E-state index < -0.39 is 0 Å². The normalized spacial score (nSPS) is 19.9. The van der Waals surface area contributed by atoms with Gasteiger partial charge in [-0.2, -0.15) is 0 Å². The minimum absolute atomic E-state index is 0.135. The molecular formula is C11H16ClN3O. The highest BCUT2D eigenvalue weighted by atomic mass is 35.5. The smallest absolute Gasteiger partial charge is 0.224 e. The first kappa shape index (κ1) is 11.6. The van der Waals surface area contributed by atoms with E-state index in [1.54, 1.807) is 0 Å². The summed E-state index contributed by atoms with van der Waals surface area (Å²) in [5, 5.41) is 0.305. The first-order valence-electron chi connectivity index (χ1n) is 5.36. The lowest BCUT2D eigenvalue weighted by atomic mass is 10.1. The van der Waals surface area contributed by atoms with Crippen LogP contribution < -0.4 is 4.90 Å². The second-order valence-corrected chi connectivity index (χ2v) is 5.00. The molecule has 1 aliphatic rings. The lowest BCUT2D eigenvalue weighted by molar-refractivity contribution is -0.0279. The molecule has 1 fully saturated rings. The molecule has 2 heterocycles. The third-order valence-electron chi connectivity index (χ3n) is 2.56. The van der Waals surface area contributed by atoms with Gasteiger partial charge in [-0.1, -0.05) is 0 Å². The van der Waals surface area contributed by atoms with E-state index in [1.165, 1.54) is 0 Å². The molecule has 0 aromatic carbocycles. The fourth-order valence-corrected chi connectivity index (χ4v) is 2.11. The van der Waals surface area contributed by atoms with Gasteiger partial charge < -0.3 is 9.64 Å². The standard InChI is InChI=1S/C11H16ClN3O/c1-8-6-9(14-10(12)13-8)15-4-5-16-11(2,3)7-15/h6H,4-5,7H2,1-3H3. The van der Waals surface area contributed by atoms with Gasteiger partial charge in [0.15, 0.2) is 0 Å². The van der Waals surface area contributed by atoms with Gasteiger partial charge in [-0.3, -0.25) is 0 Å². The van der Waals surface area contributed by atoms with E-state index in [0.717, 1.165) is 24.6 Å². The minimum Gasteiger partial charge on any atom is -0.372 e. The number of aryl methyl sites for hydroxylation is 1. The molecule has 0 amide bonds. The quantitative estimate of drug-likeness (QED) is 0.706. The Balaban J connectivity index is 2.23. The van der Waals surface area contributed by atoms with E-state index in [-0.39, 0.29) is 5.60 Å². The van der Waals surface area contributed by atoms with Crippen molar-refractivity contribution in [3.63, 3.8) is 0 Å². The average molecular weight is 242 g/mol. The van der Waals surface area contributed by atoms with Crippen molar-refractivity contribution in [3.8, 4) is 0 Å². The van der Waals surface area contributed by atoms with Gasteiger partial charge in [0.25, 0.3) is 0 Å². The number of hydrogen-bond donors (Lipinski definition) is 0. The van der Waals surface area contributed by atoms with E-state index in [2.05, 4.69) is 28.7 Å². The maximum atomic E-state index is 5.86. The van der Waals surface area contributed by atoms with Crippen LogP contribution in [0, 0.1) is 6.92 Å². The summed E-state index contributed by atoms with van der Waals surface area (Å²) in [7, 11) is 0. The Bertz CT molecular complexity index is 375. The largest absolute Gasteiger partial charge is 0.372 e. The number of morpholine rings is 1. The molecule has 5 heteroatoms. The van der Waals surface area contributed by atoms with Gasteiger partial charge in [0.2, 0.25) is 5.28 Å². The summed E-state index contributed by atoms with van der Waals surface area (Å²) in [4.78, 5) is 10.5. The van der Waals surface area contributed by atoms with Gasteiger partial charge in [0.05, 0.1) is 12.2 Å². The number of aromatic nitrogens is 2.